The number of ether oxygens (including phenoxy) is 1. The predicted octanol–water partition coefficient (Wildman–Crippen LogP) is 2.26. The smallest absolute Gasteiger partial charge is 1.00 e. The molecule has 0 bridgehead atoms. The van der Waals surface area contributed by atoms with Gasteiger partial charge in [0, 0.05) is 50.4 Å². The molecule has 2 aromatic carbocycles. The number of fused-ring (bicyclic) bond motifs is 1. The van der Waals surface area contributed by atoms with E-state index >= 15 is 0 Å². The van der Waals surface area contributed by atoms with E-state index in [0.717, 1.165) is 54.2 Å². The fourth-order valence-corrected chi connectivity index (χ4v) is 6.77. The van der Waals surface area contributed by atoms with Crippen LogP contribution in [0.15, 0.2) is 53.4 Å². The number of nitrogens with zero attached hydrogens (tertiary/aromatic N) is 3. The maximum Gasteiger partial charge on any atom is 1.00 e. The summed E-state index contributed by atoms with van der Waals surface area (Å²) in [6.45, 7) is 5.79. The van der Waals surface area contributed by atoms with Gasteiger partial charge in [-0.25, -0.2) is 25.6 Å². The van der Waals surface area contributed by atoms with E-state index in [1.807, 2.05) is 0 Å². The van der Waals surface area contributed by atoms with E-state index in [9.17, 15) is 26.4 Å². The fraction of sp³-hybridized carbons (Fsp3) is 0.464. The molecule has 5 rings (SSSR count). The minimum atomic E-state index is -4.32. The summed E-state index contributed by atoms with van der Waals surface area (Å²) in [5.74, 6) is -3.56. The van der Waals surface area contributed by atoms with E-state index < -0.39 is 40.5 Å². The molecule has 0 radical (unpaired) electrons. The van der Waals surface area contributed by atoms with Crippen LogP contribution in [-0.4, -0.2) is 72.3 Å². The number of hydrogen-bond acceptors (Lipinski definition) is 5. The van der Waals surface area contributed by atoms with Crippen LogP contribution in [-0.2, 0) is 10.0 Å². The largest absolute Gasteiger partial charge is 1.00 e. The second kappa shape index (κ2) is 12.1. The Morgan fingerprint density at radius 3 is 2.23 bits per heavy atom. The van der Waals surface area contributed by atoms with Gasteiger partial charge in [0.15, 0.2) is 0 Å². The molecule has 1 aromatic heterocycles. The number of aromatic nitrogens is 1. The molecule has 0 N–H and O–H groups in total. The van der Waals surface area contributed by atoms with Gasteiger partial charge in [-0.05, 0) is 75.2 Å². The summed E-state index contributed by atoms with van der Waals surface area (Å²) < 4.78 is 75.6. The predicted molar refractivity (Wildman–Crippen MR) is 142 cm³/mol. The Labute approximate surface area is 256 Å². The molecule has 40 heavy (non-hydrogen) atoms. The van der Waals surface area contributed by atoms with Gasteiger partial charge in [-0.1, -0.05) is 0 Å². The third-order valence-corrected chi connectivity index (χ3v) is 9.33. The molecule has 2 fully saturated rings. The summed E-state index contributed by atoms with van der Waals surface area (Å²) in [6.07, 6.45) is 0.756. The van der Waals surface area contributed by atoms with Crippen LogP contribution in [0.1, 0.15) is 51.4 Å². The van der Waals surface area contributed by atoms with Gasteiger partial charge in [0.05, 0.1) is 10.4 Å². The number of likely N-dealkylation sites (tertiary alicyclic amines) is 2. The third kappa shape index (κ3) is 6.38. The number of piperidine rings is 2. The van der Waals surface area contributed by atoms with Crippen LogP contribution >= 0.6 is 0 Å². The van der Waals surface area contributed by atoms with Crippen LogP contribution in [0, 0.1) is 5.82 Å². The topological polar surface area (TPSA) is 71.8 Å². The van der Waals surface area contributed by atoms with Gasteiger partial charge in [0.25, 0.3) is 21.9 Å². The van der Waals surface area contributed by atoms with Gasteiger partial charge >= 0.3 is 29.6 Å². The SMILES string of the molecule is CC(C)N1CCC(Oc2ccc3c(c2)cc(C(=O)N2CCC(F)(F)CC2)n3S(=O)(=O)c2ccc(F)cc2)CC1.[H-].[Na+]. The summed E-state index contributed by atoms with van der Waals surface area (Å²) >= 11 is 0. The first-order valence-corrected chi connectivity index (χ1v) is 14.6. The van der Waals surface area contributed by atoms with Crippen molar-refractivity contribution in [2.75, 3.05) is 26.2 Å². The van der Waals surface area contributed by atoms with Crippen molar-refractivity contribution in [3.05, 3.63) is 60.0 Å². The van der Waals surface area contributed by atoms with Crippen molar-refractivity contribution < 1.29 is 62.1 Å². The second-order valence-electron chi connectivity index (χ2n) is 10.6. The summed E-state index contributed by atoms with van der Waals surface area (Å²) in [6, 6.07) is 11.2. The monoisotopic (exact) mass is 587 g/mol. The minimum absolute atomic E-state index is 0. The molecular formula is C28H33F3N3NaO4S. The number of carbonyl (C=O) groups excluding carboxylic acids is 1. The molecule has 2 aliphatic heterocycles. The molecule has 2 saturated heterocycles. The van der Waals surface area contributed by atoms with Crippen LogP contribution in [0.2, 0.25) is 0 Å². The van der Waals surface area contributed by atoms with Crippen LogP contribution in [0.25, 0.3) is 10.9 Å². The third-order valence-electron chi connectivity index (χ3n) is 7.59. The first kappa shape index (κ1) is 30.9. The van der Waals surface area contributed by atoms with Crippen molar-refractivity contribution >= 4 is 26.8 Å². The van der Waals surface area contributed by atoms with Crippen molar-refractivity contribution in [3.63, 3.8) is 0 Å². The number of benzene rings is 2. The number of amides is 1. The normalized spacial score (nSPS) is 18.6. The average molecular weight is 588 g/mol. The van der Waals surface area contributed by atoms with Crippen molar-refractivity contribution in [3.8, 4) is 5.75 Å². The summed E-state index contributed by atoms with van der Waals surface area (Å²) in [5, 5.41) is 0.462. The Hall–Kier alpha value is -2.05. The average Bonchev–Trinajstić information content (AvgIpc) is 3.28. The Balaban J connectivity index is 0.00000231. The van der Waals surface area contributed by atoms with E-state index in [1.165, 1.54) is 11.0 Å². The van der Waals surface area contributed by atoms with Crippen molar-refractivity contribution in [2.24, 2.45) is 0 Å². The molecule has 2 aliphatic rings. The van der Waals surface area contributed by atoms with Gasteiger partial charge in [-0.2, -0.15) is 0 Å². The molecule has 3 heterocycles. The maximum atomic E-state index is 13.7. The van der Waals surface area contributed by atoms with E-state index in [2.05, 4.69) is 18.7 Å². The first-order valence-electron chi connectivity index (χ1n) is 13.2. The number of hydrogen-bond donors (Lipinski definition) is 0. The standard InChI is InChI=1S/C28H32F3N3O4S.Na.H/c1-19(2)32-13-9-22(10-14-32)38-23-5-8-25-20(17-23)18-26(27(35)33-15-11-28(30,31)12-16-33)34(25)39(36,37)24-6-3-21(29)4-7-24;;/h3-8,17-19,22H,9-16H2,1-2H3;;/q;+1;-1. The van der Waals surface area contributed by atoms with E-state index in [-0.39, 0.29) is 66.3 Å². The molecular weight excluding hydrogens is 554 g/mol. The second-order valence-corrected chi connectivity index (χ2v) is 12.4. The minimum Gasteiger partial charge on any atom is -1.00 e. The molecule has 0 unspecified atom stereocenters. The molecule has 0 spiro atoms. The van der Waals surface area contributed by atoms with Crippen LogP contribution in [0.4, 0.5) is 13.2 Å². The van der Waals surface area contributed by atoms with Gasteiger partial charge < -0.3 is 16.0 Å². The van der Waals surface area contributed by atoms with Gasteiger partial charge in [0.2, 0.25) is 0 Å². The van der Waals surface area contributed by atoms with Crippen molar-refractivity contribution in [2.45, 2.75) is 62.5 Å². The van der Waals surface area contributed by atoms with Gasteiger partial charge in [0.1, 0.15) is 23.4 Å². The van der Waals surface area contributed by atoms with E-state index in [4.69, 9.17) is 4.74 Å². The first-order chi connectivity index (χ1) is 18.4. The summed E-state index contributed by atoms with van der Waals surface area (Å²) in [7, 11) is -4.32. The summed E-state index contributed by atoms with van der Waals surface area (Å²) in [4.78, 5) is 17.0. The zero-order valence-electron chi connectivity index (χ0n) is 23.9. The number of halogens is 3. The van der Waals surface area contributed by atoms with Crippen molar-refractivity contribution in [1.82, 2.24) is 13.8 Å². The number of carbonyl (C=O) groups is 1. The summed E-state index contributed by atoms with van der Waals surface area (Å²) in [5.41, 5.74) is 0.0777. The van der Waals surface area contributed by atoms with Crippen LogP contribution in [0.3, 0.4) is 0 Å². The molecule has 0 atom stereocenters. The number of rotatable bonds is 6. The Morgan fingerprint density at radius 2 is 1.62 bits per heavy atom. The zero-order valence-corrected chi connectivity index (χ0v) is 25.8. The van der Waals surface area contributed by atoms with Crippen molar-refractivity contribution in [1.29, 1.82) is 0 Å². The molecule has 1 amide bonds. The maximum absolute atomic E-state index is 13.7. The Morgan fingerprint density at radius 1 is 1.00 bits per heavy atom. The zero-order chi connectivity index (χ0) is 27.9. The van der Waals surface area contributed by atoms with Gasteiger partial charge in [-0.3, -0.25) is 4.79 Å². The van der Waals surface area contributed by atoms with Gasteiger partial charge in [-0.15, -0.1) is 0 Å². The van der Waals surface area contributed by atoms with Crippen LogP contribution in [0.5, 0.6) is 5.75 Å². The number of alkyl halides is 2. The Bertz CT molecular complexity index is 1470. The molecule has 7 nitrogen and oxygen atoms in total. The molecule has 3 aromatic rings. The molecule has 0 saturated carbocycles. The Kier molecular flexibility index (Phi) is 9.31. The quantitative estimate of drug-likeness (QED) is 0.414. The molecule has 0 aliphatic carbocycles. The fourth-order valence-electron chi connectivity index (χ4n) is 5.26. The van der Waals surface area contributed by atoms with E-state index in [0.29, 0.717) is 17.2 Å². The van der Waals surface area contributed by atoms with Crippen LogP contribution < -0.4 is 34.3 Å². The van der Waals surface area contributed by atoms with E-state index in [1.54, 1.807) is 18.2 Å². The molecule has 212 valence electrons. The molecule has 12 heteroatoms.